The van der Waals surface area contributed by atoms with Crippen LogP contribution in [0.15, 0.2) is 60.0 Å². The standard InChI is InChI=1S/C30H35N5O5S/c36-27(31-13-5-14-34-16-18-39-19-17-34)24-11-9-23(10-12-24)25-21-41-29(32-25)33-28(37)26-8-4-15-35(26)30(38)40-20-22-6-2-1-3-7-22/h1-3,6-7,9-12,21,26H,4-5,8,13-20H2,(H,31,36)(H,32,33,37). The van der Waals surface area contributed by atoms with Gasteiger partial charge in [0.1, 0.15) is 12.6 Å². The largest absolute Gasteiger partial charge is 0.445 e. The minimum atomic E-state index is -0.600. The van der Waals surface area contributed by atoms with Crippen molar-refractivity contribution in [2.45, 2.75) is 31.9 Å². The number of carbonyl (C=O) groups is 3. The van der Waals surface area contributed by atoms with Crippen molar-refractivity contribution < 1.29 is 23.9 Å². The SMILES string of the molecule is O=C(NCCCN1CCOCC1)c1ccc(-c2csc(NC(=O)C3CCCN3C(=O)OCc3ccccc3)n2)cc1. The van der Waals surface area contributed by atoms with Gasteiger partial charge < -0.3 is 20.1 Å². The maximum Gasteiger partial charge on any atom is 0.410 e. The lowest BCUT2D eigenvalue weighted by Gasteiger charge is -2.26. The van der Waals surface area contributed by atoms with Gasteiger partial charge in [-0.3, -0.25) is 19.4 Å². The average Bonchev–Trinajstić information content (AvgIpc) is 3.70. The Morgan fingerprint density at radius 3 is 2.59 bits per heavy atom. The summed E-state index contributed by atoms with van der Waals surface area (Å²) in [6, 6.07) is 16.1. The van der Waals surface area contributed by atoms with Crippen LogP contribution in [-0.2, 0) is 20.9 Å². The van der Waals surface area contributed by atoms with Crippen molar-refractivity contribution >= 4 is 34.4 Å². The summed E-state index contributed by atoms with van der Waals surface area (Å²) in [5, 5.41) is 8.16. The van der Waals surface area contributed by atoms with Crippen LogP contribution in [0.2, 0.25) is 0 Å². The van der Waals surface area contributed by atoms with Crippen LogP contribution >= 0.6 is 11.3 Å². The molecule has 1 aromatic heterocycles. The van der Waals surface area contributed by atoms with Crippen LogP contribution in [-0.4, -0.2) is 84.7 Å². The number of thiazole rings is 1. The number of likely N-dealkylation sites (tertiary alicyclic amines) is 1. The number of amides is 3. The quantitative estimate of drug-likeness (QED) is 0.350. The molecule has 3 aromatic rings. The van der Waals surface area contributed by atoms with Crippen LogP contribution in [0.25, 0.3) is 11.3 Å². The van der Waals surface area contributed by atoms with Gasteiger partial charge in [0, 0.05) is 42.7 Å². The van der Waals surface area contributed by atoms with E-state index < -0.39 is 12.1 Å². The molecule has 2 N–H and O–H groups in total. The Kier molecular flexibility index (Phi) is 9.95. The smallest absolute Gasteiger partial charge is 0.410 e. The van der Waals surface area contributed by atoms with Gasteiger partial charge >= 0.3 is 6.09 Å². The molecule has 0 spiro atoms. The maximum atomic E-state index is 13.0. The van der Waals surface area contributed by atoms with E-state index in [1.807, 2.05) is 47.8 Å². The van der Waals surface area contributed by atoms with Gasteiger partial charge in [0.05, 0.1) is 18.9 Å². The van der Waals surface area contributed by atoms with E-state index in [0.717, 1.165) is 56.8 Å². The van der Waals surface area contributed by atoms with Crippen molar-refractivity contribution in [3.63, 3.8) is 0 Å². The fraction of sp³-hybridized carbons (Fsp3) is 0.400. The fourth-order valence-corrected chi connectivity index (χ4v) is 5.66. The Balaban J connectivity index is 1.09. The monoisotopic (exact) mass is 577 g/mol. The molecule has 11 heteroatoms. The number of morpholine rings is 1. The fourth-order valence-electron chi connectivity index (χ4n) is 4.94. The molecule has 2 aliphatic heterocycles. The molecule has 3 amide bonds. The van der Waals surface area contributed by atoms with Gasteiger partial charge in [0.2, 0.25) is 5.91 Å². The van der Waals surface area contributed by atoms with Crippen LogP contribution in [0.4, 0.5) is 9.93 Å². The van der Waals surface area contributed by atoms with Gasteiger partial charge in [0.15, 0.2) is 5.13 Å². The van der Waals surface area contributed by atoms with Crippen molar-refractivity contribution in [1.82, 2.24) is 20.1 Å². The Morgan fingerprint density at radius 2 is 1.80 bits per heavy atom. The predicted octanol–water partition coefficient (Wildman–Crippen LogP) is 4.00. The highest BCUT2D eigenvalue weighted by Gasteiger charge is 2.35. The van der Waals surface area contributed by atoms with Crippen LogP contribution in [0, 0.1) is 0 Å². The molecule has 0 saturated carbocycles. The number of nitrogens with one attached hydrogen (secondary N) is 2. The van der Waals surface area contributed by atoms with E-state index in [9.17, 15) is 14.4 Å². The summed E-state index contributed by atoms with van der Waals surface area (Å²) < 4.78 is 10.8. The lowest BCUT2D eigenvalue weighted by molar-refractivity contribution is -0.120. The van der Waals surface area contributed by atoms with Gasteiger partial charge in [0.25, 0.3) is 5.91 Å². The Hall–Kier alpha value is -3.80. The predicted molar refractivity (Wildman–Crippen MR) is 157 cm³/mol. The summed E-state index contributed by atoms with van der Waals surface area (Å²) in [5.74, 6) is -0.381. The third-order valence-electron chi connectivity index (χ3n) is 7.21. The van der Waals surface area contributed by atoms with E-state index in [-0.39, 0.29) is 18.4 Å². The van der Waals surface area contributed by atoms with Crippen LogP contribution in [0.3, 0.4) is 0 Å². The van der Waals surface area contributed by atoms with Gasteiger partial charge in [-0.1, -0.05) is 42.5 Å². The molecule has 41 heavy (non-hydrogen) atoms. The molecule has 2 fully saturated rings. The summed E-state index contributed by atoms with van der Waals surface area (Å²) in [5.41, 5.74) is 3.03. The summed E-state index contributed by atoms with van der Waals surface area (Å²) in [6.45, 7) is 5.64. The number of ether oxygens (including phenoxy) is 2. The molecule has 5 rings (SSSR count). The molecule has 216 valence electrons. The molecular formula is C30H35N5O5S. The molecule has 0 bridgehead atoms. The summed E-state index contributed by atoms with van der Waals surface area (Å²) >= 11 is 1.32. The van der Waals surface area contributed by atoms with Crippen molar-refractivity contribution in [2.24, 2.45) is 0 Å². The number of hydrogen-bond donors (Lipinski definition) is 2. The average molecular weight is 578 g/mol. The second-order valence-electron chi connectivity index (χ2n) is 10.1. The molecule has 2 aliphatic rings. The molecular weight excluding hydrogens is 542 g/mol. The highest BCUT2D eigenvalue weighted by Crippen LogP contribution is 2.27. The number of aromatic nitrogens is 1. The minimum absolute atomic E-state index is 0.104. The molecule has 1 atom stereocenters. The zero-order valence-electron chi connectivity index (χ0n) is 22.9. The van der Waals surface area contributed by atoms with Gasteiger partial charge in [-0.2, -0.15) is 0 Å². The van der Waals surface area contributed by atoms with Gasteiger partial charge in [-0.05, 0) is 43.5 Å². The van der Waals surface area contributed by atoms with Crippen LogP contribution < -0.4 is 10.6 Å². The minimum Gasteiger partial charge on any atom is -0.445 e. The zero-order valence-corrected chi connectivity index (χ0v) is 23.7. The van der Waals surface area contributed by atoms with E-state index in [1.165, 1.54) is 16.2 Å². The Morgan fingerprint density at radius 1 is 1.02 bits per heavy atom. The molecule has 2 saturated heterocycles. The van der Waals surface area contributed by atoms with Crippen molar-refractivity contribution in [3.8, 4) is 11.3 Å². The Bertz CT molecular complexity index is 1310. The van der Waals surface area contributed by atoms with Crippen LogP contribution in [0.1, 0.15) is 35.2 Å². The van der Waals surface area contributed by atoms with Gasteiger partial charge in [-0.15, -0.1) is 11.3 Å². The first kappa shape index (κ1) is 28.7. The second-order valence-corrected chi connectivity index (χ2v) is 10.9. The molecule has 10 nitrogen and oxygen atoms in total. The maximum absolute atomic E-state index is 13.0. The Labute approximate surface area is 243 Å². The van der Waals surface area contributed by atoms with Crippen molar-refractivity contribution in [2.75, 3.05) is 51.3 Å². The van der Waals surface area contributed by atoms with Gasteiger partial charge in [-0.25, -0.2) is 9.78 Å². The van der Waals surface area contributed by atoms with Crippen molar-refractivity contribution in [1.29, 1.82) is 0 Å². The highest BCUT2D eigenvalue weighted by molar-refractivity contribution is 7.14. The number of benzene rings is 2. The number of carbonyl (C=O) groups excluding carboxylic acids is 3. The summed E-state index contributed by atoms with van der Waals surface area (Å²) in [7, 11) is 0. The molecule has 1 unspecified atom stereocenters. The van der Waals surface area contributed by atoms with E-state index in [1.54, 1.807) is 12.1 Å². The van der Waals surface area contributed by atoms with E-state index in [2.05, 4.69) is 20.5 Å². The number of nitrogens with zero attached hydrogens (tertiary/aromatic N) is 3. The number of rotatable bonds is 10. The zero-order chi connectivity index (χ0) is 28.4. The van der Waals surface area contributed by atoms with E-state index >= 15 is 0 Å². The highest BCUT2D eigenvalue weighted by atomic mass is 32.1. The molecule has 0 radical (unpaired) electrons. The lowest BCUT2D eigenvalue weighted by Crippen LogP contribution is -2.43. The summed E-state index contributed by atoms with van der Waals surface area (Å²) in [4.78, 5) is 46.6. The normalized spacial score (nSPS) is 17.3. The topological polar surface area (TPSA) is 113 Å². The molecule has 3 heterocycles. The third-order valence-corrected chi connectivity index (χ3v) is 7.97. The number of hydrogen-bond acceptors (Lipinski definition) is 8. The summed E-state index contributed by atoms with van der Waals surface area (Å²) in [6.07, 6.45) is 1.70. The van der Waals surface area contributed by atoms with E-state index in [0.29, 0.717) is 35.9 Å². The molecule has 0 aliphatic carbocycles. The second kappa shape index (κ2) is 14.2. The van der Waals surface area contributed by atoms with Crippen LogP contribution in [0.5, 0.6) is 0 Å². The first-order valence-corrected chi connectivity index (χ1v) is 14.9. The number of anilines is 1. The molecule has 2 aromatic carbocycles. The van der Waals surface area contributed by atoms with E-state index in [4.69, 9.17) is 9.47 Å². The lowest BCUT2D eigenvalue weighted by atomic mass is 10.1. The van der Waals surface area contributed by atoms with Crippen molar-refractivity contribution in [3.05, 3.63) is 71.1 Å². The third kappa shape index (κ3) is 7.90. The first-order chi connectivity index (χ1) is 20.1. The first-order valence-electron chi connectivity index (χ1n) is 14.0.